The zero-order valence-electron chi connectivity index (χ0n) is 42.6. The van der Waals surface area contributed by atoms with Crippen molar-refractivity contribution < 1.29 is 82.1 Å². The minimum absolute atomic E-state index is 0.133. The van der Waals surface area contributed by atoms with Crippen LogP contribution < -0.4 is 0 Å². The van der Waals surface area contributed by atoms with Gasteiger partial charge < -0.3 is 72.5 Å². The van der Waals surface area contributed by atoms with Gasteiger partial charge in [-0.1, -0.05) is 44.2 Å². The van der Waals surface area contributed by atoms with Gasteiger partial charge in [-0.05, 0) is 107 Å². The van der Waals surface area contributed by atoms with Gasteiger partial charge in [0.05, 0.1) is 48.3 Å². The van der Waals surface area contributed by atoms with E-state index >= 15 is 0 Å². The van der Waals surface area contributed by atoms with Crippen LogP contribution in [0.25, 0.3) is 6.08 Å². The molecular weight excluding hydrogens is 909 g/mol. The molecule has 3 heterocycles. The highest BCUT2D eigenvalue weighted by Crippen LogP contribution is 2.70. The average molecular weight is 989 g/mol. The van der Waals surface area contributed by atoms with Crippen LogP contribution >= 0.6 is 0 Å². The SMILES string of the molecule is CO[C@H]1[C@@H](O)[C@H](O[C@@H]2[C@@H](C)O[C@@H](O[C@H]3[C@@H](OC)C[C@H](O[C@H]4CC[C@@]5(C)[C@@H](CC[C@@H]6[C@@H]5[C@H](OC(C)=O)[C@@H](OC(=O)/C=C/c5ccccc5)[C@]5(C)[C@@H]([C@@H](C)O)CC[C@]65O)C4)O[C@@H]3C)C[C@H]2OC)O[C@H](C)[C@H]1O. The fourth-order valence-corrected chi connectivity index (χ4v) is 14.5. The summed E-state index contributed by atoms with van der Waals surface area (Å²) in [5.74, 6) is -1.97. The smallest absolute Gasteiger partial charge is 0.331 e. The first kappa shape index (κ1) is 53.7. The van der Waals surface area contributed by atoms with E-state index in [-0.39, 0.29) is 23.9 Å². The number of fused-ring (bicyclic) bond motifs is 5. The number of methoxy groups -OCH3 is 3. The van der Waals surface area contributed by atoms with E-state index in [0.29, 0.717) is 44.9 Å². The highest BCUT2D eigenvalue weighted by molar-refractivity contribution is 5.87. The first-order chi connectivity index (χ1) is 33.3. The molecule has 1 aromatic rings. The van der Waals surface area contributed by atoms with Gasteiger partial charge in [0.15, 0.2) is 18.9 Å². The number of benzene rings is 1. The third kappa shape index (κ3) is 10.0. The number of aliphatic hydroxyl groups excluding tert-OH is 3. The summed E-state index contributed by atoms with van der Waals surface area (Å²) in [6, 6.07) is 9.43. The molecule has 1 aromatic carbocycles. The van der Waals surface area contributed by atoms with Gasteiger partial charge in [0, 0.05) is 58.5 Å². The highest BCUT2D eigenvalue weighted by atomic mass is 16.8. The van der Waals surface area contributed by atoms with Crippen molar-refractivity contribution in [2.45, 2.75) is 216 Å². The monoisotopic (exact) mass is 989 g/mol. The summed E-state index contributed by atoms with van der Waals surface area (Å²) in [4.78, 5) is 27.0. The molecule has 17 heteroatoms. The van der Waals surface area contributed by atoms with Gasteiger partial charge in [-0.25, -0.2) is 4.79 Å². The van der Waals surface area contributed by atoms with Crippen LogP contribution in [-0.4, -0.2) is 164 Å². The topological polar surface area (TPSA) is 217 Å². The Labute approximate surface area is 413 Å². The Kier molecular flexibility index (Phi) is 16.6. The molecule has 0 unspecified atom stereocenters. The van der Waals surface area contributed by atoms with Crippen molar-refractivity contribution in [1.29, 1.82) is 0 Å². The molecule has 0 bridgehead atoms. The maximum absolute atomic E-state index is 13.8. The number of rotatable bonds is 14. The van der Waals surface area contributed by atoms with Crippen LogP contribution in [0.15, 0.2) is 36.4 Å². The lowest BCUT2D eigenvalue weighted by molar-refractivity contribution is -0.352. The Hall–Kier alpha value is -2.62. The predicted molar refractivity (Wildman–Crippen MR) is 251 cm³/mol. The molecule has 3 aliphatic heterocycles. The van der Waals surface area contributed by atoms with Crippen molar-refractivity contribution in [3.05, 3.63) is 42.0 Å². The van der Waals surface area contributed by atoms with Crippen LogP contribution in [0.4, 0.5) is 0 Å². The van der Waals surface area contributed by atoms with Crippen molar-refractivity contribution in [1.82, 2.24) is 0 Å². The van der Waals surface area contributed by atoms with Crippen LogP contribution in [0.3, 0.4) is 0 Å². The second kappa shape index (κ2) is 21.7. The van der Waals surface area contributed by atoms with Crippen molar-refractivity contribution >= 4 is 18.0 Å². The molecule has 3 saturated heterocycles. The molecule has 0 spiro atoms. The van der Waals surface area contributed by atoms with Gasteiger partial charge in [0.2, 0.25) is 0 Å². The number of aliphatic hydroxyl groups is 4. The van der Waals surface area contributed by atoms with Gasteiger partial charge in [-0.2, -0.15) is 0 Å². The lowest BCUT2D eigenvalue weighted by atomic mass is 9.41. The summed E-state index contributed by atoms with van der Waals surface area (Å²) >= 11 is 0. The Morgan fingerprint density at radius 1 is 0.743 bits per heavy atom. The van der Waals surface area contributed by atoms with E-state index in [1.54, 1.807) is 34.1 Å². The number of esters is 2. The molecule has 8 rings (SSSR count). The molecule has 70 heavy (non-hydrogen) atoms. The molecule has 24 atom stereocenters. The number of carbonyl (C=O) groups is 2. The van der Waals surface area contributed by atoms with Crippen molar-refractivity contribution in [2.75, 3.05) is 21.3 Å². The minimum Gasteiger partial charge on any atom is -0.458 e. The predicted octanol–water partition coefficient (Wildman–Crippen LogP) is 4.85. The highest BCUT2D eigenvalue weighted by Gasteiger charge is 2.75. The average Bonchev–Trinajstić information content (AvgIpc) is 3.61. The van der Waals surface area contributed by atoms with Crippen molar-refractivity contribution in [2.24, 2.45) is 34.5 Å². The molecule has 7 fully saturated rings. The Bertz CT molecular complexity index is 1950. The van der Waals surface area contributed by atoms with E-state index in [9.17, 15) is 30.0 Å². The Balaban J connectivity index is 0.934. The molecule has 7 aliphatic rings. The fourth-order valence-electron chi connectivity index (χ4n) is 14.5. The first-order valence-corrected chi connectivity index (χ1v) is 25.7. The van der Waals surface area contributed by atoms with E-state index in [4.69, 9.17) is 52.1 Å². The van der Waals surface area contributed by atoms with Crippen molar-refractivity contribution in [3.8, 4) is 0 Å². The number of hydrogen-bond acceptors (Lipinski definition) is 17. The largest absolute Gasteiger partial charge is 0.458 e. The molecule has 0 amide bonds. The van der Waals surface area contributed by atoms with E-state index in [1.807, 2.05) is 51.1 Å². The second-order valence-corrected chi connectivity index (χ2v) is 21.9. The Morgan fingerprint density at radius 3 is 2.00 bits per heavy atom. The zero-order valence-corrected chi connectivity index (χ0v) is 42.6. The fraction of sp³-hybridized carbons (Fsp3) is 0.811. The van der Waals surface area contributed by atoms with Crippen LogP contribution in [0.2, 0.25) is 0 Å². The summed E-state index contributed by atoms with van der Waals surface area (Å²) in [5.41, 5.74) is -1.99. The lowest BCUT2D eigenvalue weighted by Gasteiger charge is -2.67. The third-order valence-electron chi connectivity index (χ3n) is 18.1. The standard InChI is InChI=1S/C53H80O17/c1-27(54)35-21-23-53(59)36-18-17-33-24-34(20-22-51(33,6)42(36)47(66-31(5)55)49(52(35,53)7)68-39(56)19-16-32-14-12-11-13-15-32)67-40-25-37(60-8)45(29(3)63-40)69-41-26-38(61-9)46(30(4)64-41)70-50-44(58)48(62-10)43(57)28(2)65-50/h11-16,19,27-30,33-38,40-50,54,57-59H,17-18,20-26H2,1-10H3/b19-16+/t27-,28-,29-,30-,33+,34+,35-,36-,37+,38-,40+,41+,42-,43-,44-,45-,46-,47+,48-,49-,50+,51+,52+,53+/m1/s1. The maximum atomic E-state index is 13.8. The molecule has 17 nitrogen and oxygen atoms in total. The molecule has 4 saturated carbocycles. The van der Waals surface area contributed by atoms with Gasteiger partial charge >= 0.3 is 11.9 Å². The molecule has 4 aliphatic carbocycles. The molecular formula is C53H80O17. The maximum Gasteiger partial charge on any atom is 0.331 e. The van der Waals surface area contributed by atoms with Crippen LogP contribution in [0, 0.1) is 34.5 Å². The molecule has 4 N–H and O–H groups in total. The van der Waals surface area contributed by atoms with E-state index < -0.39 is 133 Å². The van der Waals surface area contributed by atoms with E-state index in [0.717, 1.165) is 18.4 Å². The molecule has 0 aromatic heterocycles. The second-order valence-electron chi connectivity index (χ2n) is 21.9. The Morgan fingerprint density at radius 2 is 1.39 bits per heavy atom. The van der Waals surface area contributed by atoms with E-state index in [2.05, 4.69) is 6.92 Å². The quantitative estimate of drug-likeness (QED) is 0.111. The van der Waals surface area contributed by atoms with Crippen LogP contribution in [0.1, 0.15) is 112 Å². The number of hydrogen-bond donors (Lipinski definition) is 4. The summed E-state index contributed by atoms with van der Waals surface area (Å²) in [5, 5.41) is 45.8. The van der Waals surface area contributed by atoms with Gasteiger partial charge in [-0.15, -0.1) is 0 Å². The van der Waals surface area contributed by atoms with Gasteiger partial charge in [-0.3, -0.25) is 4.79 Å². The van der Waals surface area contributed by atoms with E-state index in [1.165, 1.54) is 20.1 Å². The normalized spacial score (nSPS) is 47.7. The number of ether oxygens (including phenoxy) is 11. The van der Waals surface area contributed by atoms with Gasteiger partial charge in [0.25, 0.3) is 0 Å². The van der Waals surface area contributed by atoms with Crippen molar-refractivity contribution in [3.63, 3.8) is 0 Å². The summed E-state index contributed by atoms with van der Waals surface area (Å²) in [6.07, 6.45) is -3.53. The molecule has 0 radical (unpaired) electrons. The minimum atomic E-state index is -1.29. The zero-order chi connectivity index (χ0) is 50.4. The van der Waals surface area contributed by atoms with Crippen LogP contribution in [0.5, 0.6) is 0 Å². The molecule has 394 valence electrons. The third-order valence-corrected chi connectivity index (χ3v) is 18.1. The van der Waals surface area contributed by atoms with Crippen LogP contribution in [-0.2, 0) is 61.7 Å². The summed E-state index contributed by atoms with van der Waals surface area (Å²) in [7, 11) is 4.65. The number of carbonyl (C=O) groups excluding carboxylic acids is 2. The van der Waals surface area contributed by atoms with Gasteiger partial charge in [0.1, 0.15) is 42.7 Å². The summed E-state index contributed by atoms with van der Waals surface area (Å²) in [6.45, 7) is 12.7. The first-order valence-electron chi connectivity index (χ1n) is 25.7. The summed E-state index contributed by atoms with van der Waals surface area (Å²) < 4.78 is 68.6. The lowest BCUT2D eigenvalue weighted by Crippen LogP contribution is -2.73.